The van der Waals surface area contributed by atoms with Crippen LogP contribution in [0.5, 0.6) is 0 Å². The first-order chi connectivity index (χ1) is 12.8. The van der Waals surface area contributed by atoms with E-state index in [1.54, 1.807) is 18.2 Å². The van der Waals surface area contributed by atoms with Gasteiger partial charge in [-0.3, -0.25) is 4.79 Å². The number of carbonyl (C=O) groups excluding carboxylic acids is 1. The molecule has 0 bridgehead atoms. The third kappa shape index (κ3) is 4.98. The molecule has 1 heterocycles. The van der Waals surface area contributed by atoms with Crippen LogP contribution in [-0.4, -0.2) is 12.5 Å². The zero-order valence-corrected chi connectivity index (χ0v) is 15.5. The van der Waals surface area contributed by atoms with Crippen molar-refractivity contribution in [1.29, 1.82) is 0 Å². The number of hydrogen-bond donors (Lipinski definition) is 1. The molecular weight excluding hydrogens is 371 g/mol. The van der Waals surface area contributed by atoms with Crippen LogP contribution in [0.2, 0.25) is 0 Å². The summed E-state index contributed by atoms with van der Waals surface area (Å²) in [5.41, 5.74) is 2.08. The first-order valence-corrected chi connectivity index (χ1v) is 9.26. The second-order valence-corrected chi connectivity index (χ2v) is 7.32. The van der Waals surface area contributed by atoms with E-state index in [1.165, 1.54) is 23.0 Å². The fourth-order valence-corrected chi connectivity index (χ4v) is 3.54. The number of benzene rings is 2. The monoisotopic (exact) mass is 389 g/mol. The standard InChI is InChI=1S/C21H18F3NOS/c1-14-5-7-15(8-6-14)11-12-25-20(26)19-10-9-18(27-19)16-3-2-4-17(13-16)21(22,23)24/h2-10,13H,11-12H2,1H3,(H,25,26). The molecule has 2 aromatic carbocycles. The SMILES string of the molecule is Cc1ccc(CCNC(=O)c2ccc(-c3cccc(C(F)(F)F)c3)s2)cc1. The van der Waals surface area contributed by atoms with Crippen molar-refractivity contribution in [2.24, 2.45) is 0 Å². The Morgan fingerprint density at radius 2 is 1.78 bits per heavy atom. The summed E-state index contributed by atoms with van der Waals surface area (Å²) >= 11 is 1.18. The molecule has 0 saturated carbocycles. The molecule has 0 unspecified atom stereocenters. The van der Waals surface area contributed by atoms with Crippen LogP contribution in [0, 0.1) is 6.92 Å². The van der Waals surface area contributed by atoms with Gasteiger partial charge in [-0.05, 0) is 48.7 Å². The fourth-order valence-electron chi connectivity index (χ4n) is 2.63. The van der Waals surface area contributed by atoms with E-state index in [0.717, 1.165) is 24.1 Å². The molecule has 1 N–H and O–H groups in total. The number of carbonyl (C=O) groups is 1. The van der Waals surface area contributed by atoms with E-state index in [4.69, 9.17) is 0 Å². The van der Waals surface area contributed by atoms with Crippen LogP contribution in [0.4, 0.5) is 13.2 Å². The lowest BCUT2D eigenvalue weighted by Crippen LogP contribution is -2.24. The number of halogens is 3. The molecule has 6 heteroatoms. The molecule has 27 heavy (non-hydrogen) atoms. The third-order valence-electron chi connectivity index (χ3n) is 4.12. The molecule has 140 valence electrons. The summed E-state index contributed by atoms with van der Waals surface area (Å²) in [7, 11) is 0. The Morgan fingerprint density at radius 3 is 2.48 bits per heavy atom. The van der Waals surface area contributed by atoms with E-state index in [2.05, 4.69) is 5.32 Å². The number of thiophene rings is 1. The number of hydrogen-bond acceptors (Lipinski definition) is 2. The van der Waals surface area contributed by atoms with Crippen molar-refractivity contribution in [1.82, 2.24) is 5.32 Å². The molecule has 0 radical (unpaired) electrons. The van der Waals surface area contributed by atoms with Crippen LogP contribution < -0.4 is 5.32 Å². The second-order valence-electron chi connectivity index (χ2n) is 6.23. The first kappa shape index (κ1) is 19.2. The molecular formula is C21H18F3NOS. The Hall–Kier alpha value is -2.60. The molecule has 1 amide bonds. The highest BCUT2D eigenvalue weighted by Gasteiger charge is 2.30. The highest BCUT2D eigenvalue weighted by atomic mass is 32.1. The summed E-state index contributed by atoms with van der Waals surface area (Å²) in [5, 5.41) is 2.85. The van der Waals surface area contributed by atoms with Gasteiger partial charge < -0.3 is 5.32 Å². The molecule has 0 fully saturated rings. The van der Waals surface area contributed by atoms with Gasteiger partial charge in [0, 0.05) is 11.4 Å². The summed E-state index contributed by atoms with van der Waals surface area (Å²) in [6.45, 7) is 2.52. The number of rotatable bonds is 5. The maximum Gasteiger partial charge on any atom is 0.416 e. The van der Waals surface area contributed by atoms with Crippen LogP contribution in [0.1, 0.15) is 26.4 Å². The van der Waals surface area contributed by atoms with Gasteiger partial charge >= 0.3 is 6.18 Å². The highest BCUT2D eigenvalue weighted by Crippen LogP contribution is 2.34. The molecule has 3 rings (SSSR count). The zero-order valence-electron chi connectivity index (χ0n) is 14.6. The molecule has 0 aliphatic carbocycles. The smallest absolute Gasteiger partial charge is 0.351 e. The van der Waals surface area contributed by atoms with Crippen molar-refractivity contribution in [2.75, 3.05) is 6.54 Å². The fraction of sp³-hybridized carbons (Fsp3) is 0.190. The van der Waals surface area contributed by atoms with Gasteiger partial charge in [0.1, 0.15) is 0 Å². The Balaban J connectivity index is 1.63. The number of nitrogens with one attached hydrogen (secondary N) is 1. The maximum absolute atomic E-state index is 12.9. The Labute approximate surface area is 159 Å². The predicted octanol–water partition coefficient (Wildman–Crippen LogP) is 5.71. The van der Waals surface area contributed by atoms with Gasteiger partial charge in [0.05, 0.1) is 10.4 Å². The highest BCUT2D eigenvalue weighted by molar-refractivity contribution is 7.17. The van der Waals surface area contributed by atoms with Crippen LogP contribution in [-0.2, 0) is 12.6 Å². The van der Waals surface area contributed by atoms with Crippen molar-refractivity contribution >= 4 is 17.2 Å². The maximum atomic E-state index is 12.9. The van der Waals surface area contributed by atoms with Crippen molar-refractivity contribution in [2.45, 2.75) is 19.5 Å². The molecule has 0 saturated heterocycles. The minimum absolute atomic E-state index is 0.217. The summed E-state index contributed by atoms with van der Waals surface area (Å²) in [5.74, 6) is -0.217. The average molecular weight is 389 g/mol. The molecule has 2 nitrogen and oxygen atoms in total. The molecule has 0 aliphatic heterocycles. The van der Waals surface area contributed by atoms with Gasteiger partial charge in [0.2, 0.25) is 0 Å². The summed E-state index contributed by atoms with van der Waals surface area (Å²) < 4.78 is 38.6. The van der Waals surface area contributed by atoms with Crippen LogP contribution in [0.15, 0.2) is 60.7 Å². The molecule has 1 aromatic heterocycles. The van der Waals surface area contributed by atoms with Gasteiger partial charge in [-0.15, -0.1) is 11.3 Å². The summed E-state index contributed by atoms with van der Waals surface area (Å²) in [4.78, 5) is 13.4. The molecule has 0 spiro atoms. The average Bonchev–Trinajstić information content (AvgIpc) is 3.13. The van der Waals surface area contributed by atoms with Gasteiger partial charge in [-0.25, -0.2) is 0 Å². The van der Waals surface area contributed by atoms with E-state index >= 15 is 0 Å². The minimum atomic E-state index is -4.39. The number of amides is 1. The van der Waals surface area contributed by atoms with Crippen LogP contribution in [0.25, 0.3) is 10.4 Å². The van der Waals surface area contributed by atoms with Crippen molar-refractivity contribution in [3.63, 3.8) is 0 Å². The van der Waals surface area contributed by atoms with E-state index in [-0.39, 0.29) is 5.91 Å². The molecule has 0 aliphatic rings. The molecule has 3 aromatic rings. The first-order valence-electron chi connectivity index (χ1n) is 8.44. The lowest BCUT2D eigenvalue weighted by atomic mass is 10.1. The lowest BCUT2D eigenvalue weighted by molar-refractivity contribution is -0.137. The van der Waals surface area contributed by atoms with E-state index in [9.17, 15) is 18.0 Å². The van der Waals surface area contributed by atoms with E-state index < -0.39 is 11.7 Å². The Kier molecular flexibility index (Phi) is 5.65. The topological polar surface area (TPSA) is 29.1 Å². The van der Waals surface area contributed by atoms with Crippen molar-refractivity contribution in [3.8, 4) is 10.4 Å². The Morgan fingerprint density at radius 1 is 1.04 bits per heavy atom. The van der Waals surface area contributed by atoms with Gasteiger partial charge in [0.15, 0.2) is 0 Å². The normalized spacial score (nSPS) is 11.4. The van der Waals surface area contributed by atoms with E-state index in [1.807, 2.05) is 31.2 Å². The van der Waals surface area contributed by atoms with Gasteiger partial charge in [-0.1, -0.05) is 42.0 Å². The third-order valence-corrected chi connectivity index (χ3v) is 5.26. The Bertz CT molecular complexity index is 929. The van der Waals surface area contributed by atoms with Gasteiger partial charge in [0.25, 0.3) is 5.91 Å². The number of alkyl halides is 3. The zero-order chi connectivity index (χ0) is 19.4. The quantitative estimate of drug-likeness (QED) is 0.595. The van der Waals surface area contributed by atoms with E-state index in [0.29, 0.717) is 21.9 Å². The van der Waals surface area contributed by atoms with Gasteiger partial charge in [-0.2, -0.15) is 13.2 Å². The summed E-state index contributed by atoms with van der Waals surface area (Å²) in [6.07, 6.45) is -3.67. The molecule has 0 atom stereocenters. The van der Waals surface area contributed by atoms with Crippen LogP contribution in [0.3, 0.4) is 0 Å². The summed E-state index contributed by atoms with van der Waals surface area (Å²) in [6, 6.07) is 16.5. The largest absolute Gasteiger partial charge is 0.416 e. The van der Waals surface area contributed by atoms with Crippen molar-refractivity contribution < 1.29 is 18.0 Å². The lowest BCUT2D eigenvalue weighted by Gasteiger charge is -2.07. The minimum Gasteiger partial charge on any atom is -0.351 e. The van der Waals surface area contributed by atoms with Crippen molar-refractivity contribution in [3.05, 3.63) is 82.2 Å². The second kappa shape index (κ2) is 7.96. The number of aryl methyl sites for hydroxylation is 1. The predicted molar refractivity (Wildman–Crippen MR) is 102 cm³/mol. The van der Waals surface area contributed by atoms with Crippen LogP contribution >= 0.6 is 11.3 Å².